The number of aldehydes is 1. The zero-order valence-corrected chi connectivity index (χ0v) is 26.9. The normalized spacial score (nSPS) is 15.8. The molecule has 7 heteroatoms. The maximum atomic E-state index is 12.8. The van der Waals surface area contributed by atoms with Crippen molar-refractivity contribution in [1.29, 1.82) is 0 Å². The van der Waals surface area contributed by atoms with Crippen LogP contribution in [0.3, 0.4) is 0 Å². The van der Waals surface area contributed by atoms with Gasteiger partial charge in [0.25, 0.3) is 0 Å². The van der Waals surface area contributed by atoms with Crippen molar-refractivity contribution in [3.05, 3.63) is 90.5 Å². The maximum Gasteiger partial charge on any atom is 0.330 e. The summed E-state index contributed by atoms with van der Waals surface area (Å²) < 4.78 is 22.5. The molecule has 0 atom stereocenters. The molecule has 0 radical (unpaired) electrons. The monoisotopic (exact) mass is 626 g/mol. The average molecular weight is 627 g/mol. The zero-order valence-electron chi connectivity index (χ0n) is 26.9. The number of rotatable bonds is 18. The van der Waals surface area contributed by atoms with Crippen LogP contribution in [0.2, 0.25) is 0 Å². The molecule has 1 aliphatic carbocycles. The quantitative estimate of drug-likeness (QED) is 0.0459. The Hall–Kier alpha value is -4.39. The van der Waals surface area contributed by atoms with Gasteiger partial charge in [0.05, 0.1) is 25.7 Å². The van der Waals surface area contributed by atoms with Crippen LogP contribution in [0.15, 0.2) is 79.4 Å². The molecule has 46 heavy (non-hydrogen) atoms. The third-order valence-corrected chi connectivity index (χ3v) is 8.38. The van der Waals surface area contributed by atoms with Crippen molar-refractivity contribution in [2.75, 3.05) is 19.8 Å². The van der Waals surface area contributed by atoms with Gasteiger partial charge in [0, 0.05) is 11.6 Å². The largest absolute Gasteiger partial charge is 0.494 e. The number of ether oxygens (including phenoxy) is 4. The van der Waals surface area contributed by atoms with Gasteiger partial charge in [-0.3, -0.25) is 9.59 Å². The van der Waals surface area contributed by atoms with Crippen molar-refractivity contribution in [1.82, 2.24) is 0 Å². The smallest absolute Gasteiger partial charge is 0.330 e. The lowest BCUT2D eigenvalue weighted by Gasteiger charge is -2.27. The van der Waals surface area contributed by atoms with Crippen LogP contribution in [0.4, 0.5) is 0 Å². The van der Waals surface area contributed by atoms with Crippen LogP contribution in [0.1, 0.15) is 80.6 Å². The fourth-order valence-corrected chi connectivity index (χ4v) is 5.69. The van der Waals surface area contributed by atoms with Gasteiger partial charge in [0.15, 0.2) is 6.29 Å². The van der Waals surface area contributed by atoms with Crippen LogP contribution in [0.5, 0.6) is 17.2 Å². The number of aryl methyl sites for hydroxylation is 1. The highest BCUT2D eigenvalue weighted by molar-refractivity contribution is 5.88. The number of hydrogen-bond acceptors (Lipinski definition) is 7. The van der Waals surface area contributed by atoms with Crippen LogP contribution < -0.4 is 14.2 Å². The van der Waals surface area contributed by atoms with Crippen molar-refractivity contribution in [2.24, 2.45) is 11.8 Å². The number of benzene rings is 3. The predicted octanol–water partition coefficient (Wildman–Crippen LogP) is 8.58. The van der Waals surface area contributed by atoms with Crippen molar-refractivity contribution < 1.29 is 33.3 Å². The second-order valence-electron chi connectivity index (χ2n) is 11.9. The Morgan fingerprint density at radius 1 is 0.804 bits per heavy atom. The molecule has 1 fully saturated rings. The molecule has 0 amide bonds. The molecule has 0 heterocycles. The van der Waals surface area contributed by atoms with E-state index in [1.54, 1.807) is 12.1 Å². The van der Waals surface area contributed by atoms with Crippen LogP contribution in [0, 0.1) is 11.8 Å². The van der Waals surface area contributed by atoms with Crippen molar-refractivity contribution >= 4 is 18.2 Å². The molecule has 0 bridgehead atoms. The summed E-state index contributed by atoms with van der Waals surface area (Å²) in [5, 5.41) is 0. The molecule has 3 aromatic rings. The third-order valence-electron chi connectivity index (χ3n) is 8.38. The summed E-state index contributed by atoms with van der Waals surface area (Å²) in [6, 6.07) is 21.3. The van der Waals surface area contributed by atoms with Gasteiger partial charge in [-0.15, -0.1) is 0 Å². The summed E-state index contributed by atoms with van der Waals surface area (Å²) in [4.78, 5) is 35.7. The van der Waals surface area contributed by atoms with E-state index in [1.165, 1.54) is 11.6 Å². The lowest BCUT2D eigenvalue weighted by atomic mass is 9.82. The topological polar surface area (TPSA) is 88.1 Å². The first-order chi connectivity index (χ1) is 22.5. The van der Waals surface area contributed by atoms with Gasteiger partial charge in [-0.2, -0.15) is 0 Å². The van der Waals surface area contributed by atoms with E-state index in [0.717, 1.165) is 87.4 Å². The van der Waals surface area contributed by atoms with Gasteiger partial charge in [0.2, 0.25) is 0 Å². The average Bonchev–Trinajstić information content (AvgIpc) is 3.09. The highest BCUT2D eigenvalue weighted by Crippen LogP contribution is 2.32. The number of carbonyl (C=O) groups is 3. The summed E-state index contributed by atoms with van der Waals surface area (Å²) in [6.07, 6.45) is 11.2. The van der Waals surface area contributed by atoms with E-state index >= 15 is 0 Å². The Balaban J connectivity index is 1.13. The molecule has 0 unspecified atom stereocenters. The highest BCUT2D eigenvalue weighted by Gasteiger charge is 2.28. The fraction of sp³-hybridized carbons (Fsp3) is 0.410. The molecule has 4 rings (SSSR count). The van der Waals surface area contributed by atoms with Gasteiger partial charge in [-0.1, -0.05) is 44.2 Å². The molecule has 1 aliphatic rings. The molecule has 0 aromatic heterocycles. The van der Waals surface area contributed by atoms with Crippen molar-refractivity contribution in [2.45, 2.75) is 71.1 Å². The maximum absolute atomic E-state index is 12.8. The fourth-order valence-electron chi connectivity index (χ4n) is 5.69. The Bertz CT molecular complexity index is 1400. The molecule has 0 aliphatic heterocycles. The second kappa shape index (κ2) is 18.5. The number of hydrogen-bond donors (Lipinski definition) is 0. The second-order valence-corrected chi connectivity index (χ2v) is 11.9. The predicted molar refractivity (Wildman–Crippen MR) is 179 cm³/mol. The van der Waals surface area contributed by atoms with Crippen LogP contribution >= 0.6 is 0 Å². The van der Waals surface area contributed by atoms with Crippen LogP contribution in [0.25, 0.3) is 11.1 Å². The minimum absolute atomic E-state index is 0.128. The molecule has 1 saturated carbocycles. The number of carbonyl (C=O) groups excluding carboxylic acids is 3. The van der Waals surface area contributed by atoms with E-state index < -0.39 is 0 Å². The van der Waals surface area contributed by atoms with Gasteiger partial charge in [-0.25, -0.2) is 4.79 Å². The number of esters is 2. The van der Waals surface area contributed by atoms with Crippen molar-refractivity contribution in [3.8, 4) is 28.4 Å². The SMILES string of the molecule is C=CC(=O)OCCCCCCOc1ccc(OC(=O)C2CCC(COc3ccc(-c4ccc(CCC)cc4)c(C=O)c3)CC2)cc1. The Morgan fingerprint density at radius 3 is 2.15 bits per heavy atom. The minimum atomic E-state index is -0.385. The zero-order chi connectivity index (χ0) is 32.6. The first-order valence-corrected chi connectivity index (χ1v) is 16.5. The molecule has 0 saturated heterocycles. The molecular formula is C39H46O7. The van der Waals surface area contributed by atoms with Crippen molar-refractivity contribution in [3.63, 3.8) is 0 Å². The van der Waals surface area contributed by atoms with Gasteiger partial charge < -0.3 is 18.9 Å². The lowest BCUT2D eigenvalue weighted by molar-refractivity contribution is -0.140. The summed E-state index contributed by atoms with van der Waals surface area (Å²) in [5.41, 5.74) is 3.84. The Kier molecular flexibility index (Phi) is 13.9. The molecule has 0 N–H and O–H groups in total. The third kappa shape index (κ3) is 10.9. The van der Waals surface area contributed by atoms with Crippen LogP contribution in [-0.4, -0.2) is 38.0 Å². The molecular weight excluding hydrogens is 580 g/mol. The van der Waals surface area contributed by atoms with Gasteiger partial charge >= 0.3 is 11.9 Å². The van der Waals surface area contributed by atoms with E-state index in [4.69, 9.17) is 18.9 Å². The first kappa shape index (κ1) is 34.5. The van der Waals surface area contributed by atoms with E-state index in [-0.39, 0.29) is 17.9 Å². The molecule has 0 spiro atoms. The van der Waals surface area contributed by atoms with Gasteiger partial charge in [0.1, 0.15) is 17.2 Å². The Morgan fingerprint density at radius 2 is 1.48 bits per heavy atom. The molecule has 244 valence electrons. The van der Waals surface area contributed by atoms with E-state index in [1.807, 2.05) is 30.3 Å². The summed E-state index contributed by atoms with van der Waals surface area (Å²) in [5.74, 6) is 1.58. The van der Waals surface area contributed by atoms with Gasteiger partial charge in [-0.05, 0) is 123 Å². The summed E-state index contributed by atoms with van der Waals surface area (Å²) in [7, 11) is 0. The number of unbranched alkanes of at least 4 members (excludes halogenated alkanes) is 3. The summed E-state index contributed by atoms with van der Waals surface area (Å²) >= 11 is 0. The van der Waals surface area contributed by atoms with E-state index in [9.17, 15) is 14.4 Å². The molecule has 7 nitrogen and oxygen atoms in total. The minimum Gasteiger partial charge on any atom is -0.494 e. The van der Waals surface area contributed by atoms with Crippen LogP contribution in [-0.2, 0) is 20.7 Å². The first-order valence-electron chi connectivity index (χ1n) is 16.5. The molecule has 3 aromatic carbocycles. The lowest BCUT2D eigenvalue weighted by Crippen LogP contribution is -2.27. The van der Waals surface area contributed by atoms with E-state index in [2.05, 4.69) is 37.8 Å². The Labute approximate surface area is 272 Å². The summed E-state index contributed by atoms with van der Waals surface area (Å²) in [6.45, 7) is 7.10. The standard InChI is InChI=1S/C39H46O7/c1-3-9-29-10-14-31(15-11-29)37-23-22-36(26-33(37)27-40)45-28-30-12-16-32(17-13-30)39(42)46-35-20-18-34(19-21-35)43-24-7-5-6-8-25-44-38(41)4-2/h4,10-11,14-15,18-23,26-27,30,32H,2-3,5-9,12-13,16-17,24-25,28H2,1H3. The highest BCUT2D eigenvalue weighted by atomic mass is 16.5. The van der Waals surface area contributed by atoms with E-state index in [0.29, 0.717) is 42.8 Å².